The number of hydrogen-bond acceptors (Lipinski definition) is 2. The highest BCUT2D eigenvalue weighted by molar-refractivity contribution is 5.81. The summed E-state index contributed by atoms with van der Waals surface area (Å²) in [5.41, 5.74) is 1.30. The molecule has 1 aromatic rings. The lowest BCUT2D eigenvalue weighted by Gasteiger charge is -2.19. The Labute approximate surface area is 116 Å². The van der Waals surface area contributed by atoms with Gasteiger partial charge in [0, 0.05) is 12.6 Å². The van der Waals surface area contributed by atoms with Crippen LogP contribution in [0.2, 0.25) is 0 Å². The Morgan fingerprint density at radius 1 is 1.16 bits per heavy atom. The molecule has 0 spiro atoms. The Kier molecular flexibility index (Phi) is 6.57. The summed E-state index contributed by atoms with van der Waals surface area (Å²) >= 11 is 0. The monoisotopic (exact) mass is 262 g/mol. The van der Waals surface area contributed by atoms with E-state index < -0.39 is 0 Å². The molecule has 1 aromatic carbocycles. The van der Waals surface area contributed by atoms with Crippen LogP contribution in [-0.2, 0) is 4.79 Å². The number of benzene rings is 1. The van der Waals surface area contributed by atoms with Gasteiger partial charge >= 0.3 is 0 Å². The molecule has 0 heterocycles. The molecule has 3 unspecified atom stereocenters. The third kappa shape index (κ3) is 5.43. The molecule has 0 fully saturated rings. The summed E-state index contributed by atoms with van der Waals surface area (Å²) in [4.78, 5) is 11.9. The first-order chi connectivity index (χ1) is 9.04. The molecular formula is C16H26N2O. The van der Waals surface area contributed by atoms with Crippen LogP contribution in [0.5, 0.6) is 0 Å². The third-order valence-corrected chi connectivity index (χ3v) is 3.49. The maximum absolute atomic E-state index is 11.9. The van der Waals surface area contributed by atoms with E-state index in [2.05, 4.69) is 36.6 Å². The minimum atomic E-state index is -0.153. The molecule has 0 saturated carbocycles. The highest BCUT2D eigenvalue weighted by Crippen LogP contribution is 2.13. The normalized spacial score (nSPS) is 15.6. The van der Waals surface area contributed by atoms with E-state index in [1.54, 1.807) is 0 Å². The first-order valence-corrected chi connectivity index (χ1v) is 7.13. The van der Waals surface area contributed by atoms with Gasteiger partial charge in [-0.1, -0.05) is 44.2 Å². The fraction of sp³-hybridized carbons (Fsp3) is 0.562. The van der Waals surface area contributed by atoms with Crippen LogP contribution in [0.25, 0.3) is 0 Å². The summed E-state index contributed by atoms with van der Waals surface area (Å²) < 4.78 is 0. The molecule has 1 amide bonds. The summed E-state index contributed by atoms with van der Waals surface area (Å²) in [7, 11) is 0. The predicted octanol–water partition coefficient (Wildman–Crippen LogP) is 2.68. The van der Waals surface area contributed by atoms with Crippen LogP contribution in [0, 0.1) is 0 Å². The van der Waals surface area contributed by atoms with Crippen LogP contribution < -0.4 is 10.6 Å². The Morgan fingerprint density at radius 2 is 1.79 bits per heavy atom. The van der Waals surface area contributed by atoms with E-state index in [9.17, 15) is 4.79 Å². The van der Waals surface area contributed by atoms with E-state index in [0.717, 1.165) is 13.0 Å². The van der Waals surface area contributed by atoms with Gasteiger partial charge in [-0.25, -0.2) is 0 Å². The minimum Gasteiger partial charge on any atom is -0.352 e. The number of hydrogen-bond donors (Lipinski definition) is 2. The van der Waals surface area contributed by atoms with Crippen LogP contribution in [0.3, 0.4) is 0 Å². The standard InChI is InChI=1S/C16H26N2O/c1-5-13(3)18-16(19)14(4)17-11-12(2)15-9-7-6-8-10-15/h6-10,12-14,17H,5,11H2,1-4H3,(H,18,19). The molecule has 3 nitrogen and oxygen atoms in total. The van der Waals surface area contributed by atoms with Gasteiger partial charge < -0.3 is 10.6 Å². The molecule has 3 atom stereocenters. The van der Waals surface area contributed by atoms with Crippen molar-refractivity contribution in [2.24, 2.45) is 0 Å². The van der Waals surface area contributed by atoms with Gasteiger partial charge in [0.2, 0.25) is 5.91 Å². The van der Waals surface area contributed by atoms with Crippen LogP contribution in [0.1, 0.15) is 45.6 Å². The molecule has 0 aliphatic rings. The second-order valence-corrected chi connectivity index (χ2v) is 5.26. The van der Waals surface area contributed by atoms with E-state index in [1.807, 2.05) is 32.0 Å². The third-order valence-electron chi connectivity index (χ3n) is 3.49. The second kappa shape index (κ2) is 7.95. The number of nitrogens with one attached hydrogen (secondary N) is 2. The van der Waals surface area contributed by atoms with Crippen LogP contribution in [0.4, 0.5) is 0 Å². The first kappa shape index (κ1) is 15.7. The quantitative estimate of drug-likeness (QED) is 0.793. The van der Waals surface area contributed by atoms with Crippen molar-refractivity contribution in [3.05, 3.63) is 35.9 Å². The average Bonchev–Trinajstić information content (AvgIpc) is 2.44. The molecule has 0 aliphatic heterocycles. The van der Waals surface area contributed by atoms with Gasteiger partial charge in [-0.3, -0.25) is 4.79 Å². The van der Waals surface area contributed by atoms with Gasteiger partial charge in [0.15, 0.2) is 0 Å². The Balaban J connectivity index is 2.37. The Morgan fingerprint density at radius 3 is 2.37 bits per heavy atom. The lowest BCUT2D eigenvalue weighted by molar-refractivity contribution is -0.123. The van der Waals surface area contributed by atoms with E-state index in [1.165, 1.54) is 5.56 Å². The highest BCUT2D eigenvalue weighted by Gasteiger charge is 2.15. The molecular weight excluding hydrogens is 236 g/mol. The average molecular weight is 262 g/mol. The van der Waals surface area contributed by atoms with Crippen molar-refractivity contribution in [3.63, 3.8) is 0 Å². The van der Waals surface area contributed by atoms with Gasteiger partial charge in [-0.05, 0) is 31.7 Å². The van der Waals surface area contributed by atoms with Crippen molar-refractivity contribution in [2.75, 3.05) is 6.54 Å². The largest absolute Gasteiger partial charge is 0.352 e. The van der Waals surface area contributed by atoms with Gasteiger partial charge in [-0.15, -0.1) is 0 Å². The molecule has 0 radical (unpaired) electrons. The highest BCUT2D eigenvalue weighted by atomic mass is 16.2. The minimum absolute atomic E-state index is 0.0783. The summed E-state index contributed by atoms with van der Waals surface area (Å²) in [5, 5.41) is 6.29. The zero-order valence-corrected chi connectivity index (χ0v) is 12.4. The fourth-order valence-electron chi connectivity index (χ4n) is 1.82. The van der Waals surface area contributed by atoms with E-state index in [4.69, 9.17) is 0 Å². The second-order valence-electron chi connectivity index (χ2n) is 5.26. The van der Waals surface area contributed by atoms with E-state index in [-0.39, 0.29) is 18.0 Å². The van der Waals surface area contributed by atoms with Gasteiger partial charge in [-0.2, -0.15) is 0 Å². The molecule has 0 aliphatic carbocycles. The van der Waals surface area contributed by atoms with Crippen LogP contribution in [0.15, 0.2) is 30.3 Å². The van der Waals surface area contributed by atoms with Crippen molar-refractivity contribution in [3.8, 4) is 0 Å². The lowest BCUT2D eigenvalue weighted by atomic mass is 10.0. The lowest BCUT2D eigenvalue weighted by Crippen LogP contribution is -2.46. The smallest absolute Gasteiger partial charge is 0.237 e. The summed E-state index contributed by atoms with van der Waals surface area (Å²) in [6.45, 7) is 8.98. The number of carbonyl (C=O) groups is 1. The molecule has 19 heavy (non-hydrogen) atoms. The first-order valence-electron chi connectivity index (χ1n) is 7.13. The topological polar surface area (TPSA) is 41.1 Å². The molecule has 1 rings (SSSR count). The van der Waals surface area contributed by atoms with Crippen molar-refractivity contribution >= 4 is 5.91 Å². The van der Waals surface area contributed by atoms with E-state index >= 15 is 0 Å². The van der Waals surface area contributed by atoms with Crippen molar-refractivity contribution in [1.29, 1.82) is 0 Å². The van der Waals surface area contributed by atoms with Crippen LogP contribution in [-0.4, -0.2) is 24.5 Å². The van der Waals surface area contributed by atoms with Gasteiger partial charge in [0.1, 0.15) is 0 Å². The number of amides is 1. The Hall–Kier alpha value is -1.35. The van der Waals surface area contributed by atoms with E-state index in [0.29, 0.717) is 5.92 Å². The zero-order valence-electron chi connectivity index (χ0n) is 12.4. The zero-order chi connectivity index (χ0) is 14.3. The number of carbonyl (C=O) groups excluding carboxylic acids is 1. The molecule has 2 N–H and O–H groups in total. The summed E-state index contributed by atoms with van der Waals surface area (Å²) in [5.74, 6) is 0.481. The van der Waals surface area contributed by atoms with Crippen molar-refractivity contribution in [2.45, 2.75) is 52.1 Å². The summed E-state index contributed by atoms with van der Waals surface area (Å²) in [6.07, 6.45) is 0.957. The van der Waals surface area contributed by atoms with Crippen molar-refractivity contribution < 1.29 is 4.79 Å². The molecule has 0 aromatic heterocycles. The van der Waals surface area contributed by atoms with Crippen LogP contribution >= 0.6 is 0 Å². The van der Waals surface area contributed by atoms with Gasteiger partial charge in [0.05, 0.1) is 6.04 Å². The molecule has 0 bridgehead atoms. The molecule has 106 valence electrons. The SMILES string of the molecule is CCC(C)NC(=O)C(C)NCC(C)c1ccccc1. The fourth-order valence-corrected chi connectivity index (χ4v) is 1.82. The maximum Gasteiger partial charge on any atom is 0.237 e. The number of rotatable bonds is 7. The molecule has 3 heteroatoms. The summed E-state index contributed by atoms with van der Waals surface area (Å²) in [6, 6.07) is 10.4. The molecule has 0 saturated heterocycles. The predicted molar refractivity (Wildman–Crippen MR) is 80.2 cm³/mol. The van der Waals surface area contributed by atoms with Gasteiger partial charge in [0.25, 0.3) is 0 Å². The maximum atomic E-state index is 11.9. The Bertz CT molecular complexity index is 378. The van der Waals surface area contributed by atoms with Crippen molar-refractivity contribution in [1.82, 2.24) is 10.6 Å².